The molecular weight excluding hydrogens is 575 g/mol. The van der Waals surface area contributed by atoms with Crippen LogP contribution in [-0.2, 0) is 23.9 Å². The zero-order valence-corrected chi connectivity index (χ0v) is 24.7. The maximum Gasteiger partial charge on any atom is 0.425 e. The zero-order valence-electron chi connectivity index (χ0n) is 24.0. The number of imidazole rings is 1. The number of amides is 2. The van der Waals surface area contributed by atoms with E-state index in [1.165, 1.54) is 18.2 Å². The standard InChI is InChI=1S/C29H35ClF3N5O4/c1-17(29(31,32)33)42-24-11-10-20(13-22(24)30)26(40)36-21(14-35-25(39)15-34-4)12-18-6-8-19(9-7-18)23-16-38(5)27(37-23)28(2,3)41/h6-11,13,16-17,21,34,41H,12,14-15H2,1-5H3,(H,35,39)(H,36,40). The van der Waals surface area contributed by atoms with Crippen molar-refractivity contribution in [3.8, 4) is 17.0 Å². The fourth-order valence-electron chi connectivity index (χ4n) is 4.17. The summed E-state index contributed by atoms with van der Waals surface area (Å²) in [6.07, 6.45) is -4.46. The lowest BCUT2D eigenvalue weighted by Gasteiger charge is -2.21. The van der Waals surface area contributed by atoms with Crippen LogP contribution in [0.1, 0.15) is 42.5 Å². The van der Waals surface area contributed by atoms with Crippen molar-refractivity contribution in [1.29, 1.82) is 0 Å². The van der Waals surface area contributed by atoms with Crippen molar-refractivity contribution >= 4 is 23.4 Å². The van der Waals surface area contributed by atoms with E-state index in [0.29, 0.717) is 17.9 Å². The Morgan fingerprint density at radius 1 is 1.14 bits per heavy atom. The van der Waals surface area contributed by atoms with Crippen LogP contribution in [-0.4, -0.2) is 64.9 Å². The Labute approximate surface area is 247 Å². The van der Waals surface area contributed by atoms with E-state index in [1.807, 2.05) is 37.5 Å². The molecule has 228 valence electrons. The lowest BCUT2D eigenvalue weighted by atomic mass is 10.0. The molecule has 0 radical (unpaired) electrons. The highest BCUT2D eigenvalue weighted by molar-refractivity contribution is 6.32. The largest absolute Gasteiger partial charge is 0.480 e. The molecular formula is C29H35ClF3N5O4. The van der Waals surface area contributed by atoms with Crippen molar-refractivity contribution < 1.29 is 32.6 Å². The molecule has 9 nitrogen and oxygen atoms in total. The van der Waals surface area contributed by atoms with E-state index in [2.05, 4.69) is 20.9 Å². The molecule has 1 heterocycles. The van der Waals surface area contributed by atoms with Crippen LogP contribution in [0, 0.1) is 0 Å². The van der Waals surface area contributed by atoms with E-state index in [1.54, 1.807) is 25.5 Å². The minimum Gasteiger partial charge on any atom is -0.480 e. The predicted molar refractivity (Wildman–Crippen MR) is 153 cm³/mol. The second-order valence-corrected chi connectivity index (χ2v) is 10.9. The van der Waals surface area contributed by atoms with E-state index in [9.17, 15) is 27.9 Å². The molecule has 3 rings (SSSR count). The van der Waals surface area contributed by atoms with Gasteiger partial charge in [-0.15, -0.1) is 0 Å². The van der Waals surface area contributed by atoms with Gasteiger partial charge in [-0.05, 0) is 58.0 Å². The molecule has 0 saturated heterocycles. The Morgan fingerprint density at radius 2 is 1.81 bits per heavy atom. The third-order valence-electron chi connectivity index (χ3n) is 6.33. The van der Waals surface area contributed by atoms with Crippen molar-refractivity contribution in [3.05, 3.63) is 70.6 Å². The highest BCUT2D eigenvalue weighted by Crippen LogP contribution is 2.31. The van der Waals surface area contributed by atoms with E-state index >= 15 is 0 Å². The Bertz CT molecular complexity index is 1390. The van der Waals surface area contributed by atoms with Gasteiger partial charge in [0.05, 0.1) is 23.3 Å². The minimum absolute atomic E-state index is 0.0967. The molecule has 0 aliphatic carbocycles. The van der Waals surface area contributed by atoms with Gasteiger partial charge in [0.15, 0.2) is 6.10 Å². The van der Waals surface area contributed by atoms with Gasteiger partial charge in [-0.25, -0.2) is 4.98 Å². The molecule has 2 amide bonds. The summed E-state index contributed by atoms with van der Waals surface area (Å²) in [6, 6.07) is 10.8. The zero-order chi connectivity index (χ0) is 31.2. The smallest absolute Gasteiger partial charge is 0.425 e. The number of hydrogen-bond acceptors (Lipinski definition) is 6. The molecule has 1 aromatic heterocycles. The maximum absolute atomic E-state index is 13.1. The monoisotopic (exact) mass is 609 g/mol. The summed E-state index contributed by atoms with van der Waals surface area (Å²) in [5.74, 6) is -0.453. The highest BCUT2D eigenvalue weighted by atomic mass is 35.5. The van der Waals surface area contributed by atoms with Crippen LogP contribution in [0.4, 0.5) is 13.2 Å². The maximum atomic E-state index is 13.1. The Hall–Kier alpha value is -3.61. The number of hydrogen-bond donors (Lipinski definition) is 4. The second kappa shape index (κ2) is 13.6. The quantitative estimate of drug-likeness (QED) is 0.247. The van der Waals surface area contributed by atoms with Crippen LogP contribution in [0.3, 0.4) is 0 Å². The number of aromatic nitrogens is 2. The van der Waals surface area contributed by atoms with Gasteiger partial charge in [0, 0.05) is 30.9 Å². The first-order valence-electron chi connectivity index (χ1n) is 13.2. The van der Waals surface area contributed by atoms with Gasteiger partial charge in [-0.1, -0.05) is 35.9 Å². The number of nitrogens with one attached hydrogen (secondary N) is 3. The third-order valence-corrected chi connectivity index (χ3v) is 6.63. The summed E-state index contributed by atoms with van der Waals surface area (Å²) in [5, 5.41) is 18.6. The number of benzene rings is 2. The Kier molecular flexibility index (Phi) is 10.6. The van der Waals surface area contributed by atoms with Gasteiger partial charge in [0.2, 0.25) is 5.91 Å². The molecule has 0 aliphatic heterocycles. The first kappa shape index (κ1) is 32.9. The Balaban J connectivity index is 1.75. The molecule has 0 saturated carbocycles. The van der Waals surface area contributed by atoms with Crippen LogP contribution < -0.4 is 20.7 Å². The average Bonchev–Trinajstić information content (AvgIpc) is 3.30. The fraction of sp³-hybridized carbons (Fsp3) is 0.414. The molecule has 0 aliphatic rings. The number of ether oxygens (including phenoxy) is 1. The van der Waals surface area contributed by atoms with Gasteiger partial charge >= 0.3 is 6.18 Å². The van der Waals surface area contributed by atoms with Crippen molar-refractivity contribution in [2.75, 3.05) is 20.1 Å². The van der Waals surface area contributed by atoms with Gasteiger partial charge in [-0.3, -0.25) is 9.59 Å². The number of rotatable bonds is 12. The molecule has 3 aromatic rings. The van der Waals surface area contributed by atoms with Gasteiger partial charge < -0.3 is 30.4 Å². The molecule has 0 bridgehead atoms. The summed E-state index contributed by atoms with van der Waals surface area (Å²) >= 11 is 6.12. The van der Waals surface area contributed by atoms with E-state index in [-0.39, 0.29) is 35.3 Å². The van der Waals surface area contributed by atoms with Crippen molar-refractivity contribution in [1.82, 2.24) is 25.5 Å². The first-order valence-corrected chi connectivity index (χ1v) is 13.6. The van der Waals surface area contributed by atoms with Crippen molar-refractivity contribution in [2.45, 2.75) is 51.1 Å². The number of alkyl halides is 3. The summed E-state index contributed by atoms with van der Waals surface area (Å²) in [7, 11) is 3.45. The lowest BCUT2D eigenvalue weighted by Crippen LogP contribution is -2.46. The lowest BCUT2D eigenvalue weighted by molar-refractivity contribution is -0.189. The van der Waals surface area contributed by atoms with Gasteiger partial charge in [0.1, 0.15) is 17.2 Å². The van der Waals surface area contributed by atoms with Crippen LogP contribution >= 0.6 is 11.6 Å². The number of aliphatic hydroxyl groups is 1. The third kappa shape index (κ3) is 8.94. The number of carbonyl (C=O) groups excluding carboxylic acids is 2. The molecule has 2 atom stereocenters. The molecule has 42 heavy (non-hydrogen) atoms. The molecule has 0 spiro atoms. The minimum atomic E-state index is -4.57. The molecule has 13 heteroatoms. The van der Waals surface area contributed by atoms with E-state index in [4.69, 9.17) is 16.3 Å². The fourth-order valence-corrected chi connectivity index (χ4v) is 4.39. The first-order chi connectivity index (χ1) is 19.6. The summed E-state index contributed by atoms with van der Waals surface area (Å²) < 4.78 is 45.3. The summed E-state index contributed by atoms with van der Waals surface area (Å²) in [5.41, 5.74) is 1.42. The highest BCUT2D eigenvalue weighted by Gasteiger charge is 2.38. The number of aryl methyl sites for hydroxylation is 1. The van der Waals surface area contributed by atoms with Crippen LogP contribution in [0.25, 0.3) is 11.3 Å². The van der Waals surface area contributed by atoms with E-state index in [0.717, 1.165) is 18.1 Å². The van der Waals surface area contributed by atoms with Gasteiger partial charge in [0.25, 0.3) is 5.91 Å². The summed E-state index contributed by atoms with van der Waals surface area (Å²) in [4.78, 5) is 29.7. The number of nitrogens with zero attached hydrogens (tertiary/aromatic N) is 2. The molecule has 2 unspecified atom stereocenters. The van der Waals surface area contributed by atoms with Crippen LogP contribution in [0.2, 0.25) is 5.02 Å². The average molecular weight is 610 g/mol. The predicted octanol–water partition coefficient (Wildman–Crippen LogP) is 3.97. The topological polar surface area (TPSA) is 118 Å². The van der Waals surface area contributed by atoms with Crippen molar-refractivity contribution in [2.24, 2.45) is 7.05 Å². The molecule has 4 N–H and O–H groups in total. The number of carbonyl (C=O) groups is 2. The second-order valence-electron chi connectivity index (χ2n) is 10.5. The van der Waals surface area contributed by atoms with Crippen molar-refractivity contribution in [3.63, 3.8) is 0 Å². The van der Waals surface area contributed by atoms with Crippen LogP contribution in [0.5, 0.6) is 5.75 Å². The number of likely N-dealkylation sites (N-methyl/N-ethyl adjacent to an activating group) is 1. The SMILES string of the molecule is CNCC(=O)NCC(Cc1ccc(-c2cn(C)c(C(C)(C)O)n2)cc1)NC(=O)c1ccc(OC(C)C(F)(F)F)c(Cl)c1. The Morgan fingerprint density at radius 3 is 2.36 bits per heavy atom. The van der Waals surface area contributed by atoms with Crippen LogP contribution in [0.15, 0.2) is 48.7 Å². The molecule has 0 fully saturated rings. The number of halogens is 4. The summed E-state index contributed by atoms with van der Waals surface area (Å²) in [6.45, 7) is 4.41. The normalized spacial score (nSPS) is 13.4. The van der Waals surface area contributed by atoms with E-state index < -0.39 is 29.8 Å². The molecule has 2 aromatic carbocycles. The van der Waals surface area contributed by atoms with Gasteiger partial charge in [-0.2, -0.15) is 13.2 Å².